The molecule has 3 nitrogen and oxygen atoms in total. The third-order valence-corrected chi connectivity index (χ3v) is 2.61. The van der Waals surface area contributed by atoms with Gasteiger partial charge >= 0.3 is 0 Å². The number of pyridine rings is 1. The van der Waals surface area contributed by atoms with Crippen LogP contribution in [0, 0.1) is 3.70 Å². The Balaban J connectivity index is 0. The lowest BCUT2D eigenvalue weighted by Crippen LogP contribution is -2.03. The molecule has 0 fully saturated rings. The van der Waals surface area contributed by atoms with Gasteiger partial charge in [-0.3, -0.25) is 0 Å². The summed E-state index contributed by atoms with van der Waals surface area (Å²) in [6.07, 6.45) is 0. The highest BCUT2D eigenvalue weighted by atomic mass is 127. The zero-order valence-electron chi connectivity index (χ0n) is 8.53. The van der Waals surface area contributed by atoms with Gasteiger partial charge in [-0.25, -0.2) is 4.98 Å². The van der Waals surface area contributed by atoms with E-state index in [9.17, 15) is 5.11 Å². The molecular weight excluding hydrogens is 350 g/mol. The Hall–Kier alpha value is 0.220. The molecule has 0 atom stereocenters. The van der Waals surface area contributed by atoms with Crippen LogP contribution in [-0.4, -0.2) is 10.1 Å². The maximum atomic E-state index is 9.55. The van der Waals surface area contributed by atoms with Crippen molar-refractivity contribution in [2.45, 2.75) is 26.3 Å². The Bertz CT molecular complexity index is 321. The molecule has 1 aromatic heterocycles. The number of nitrogens with zero attached hydrogens (tertiary/aromatic N) is 1. The fourth-order valence-electron chi connectivity index (χ4n) is 1.03. The predicted octanol–water partition coefficient (Wildman–Crippen LogP) is 2.82. The standard InChI is InChI=1S/C9H13IN2O.2ClH/c1-5(2)7-3-6(4-11)8(13)9(10)12-7;;/h3,5,13H,4,11H2,1-2H3;2*1H. The molecule has 0 unspecified atom stereocenters. The number of aromatic nitrogens is 1. The average molecular weight is 365 g/mol. The molecule has 0 aromatic carbocycles. The second-order valence-electron chi connectivity index (χ2n) is 3.20. The highest BCUT2D eigenvalue weighted by Gasteiger charge is 2.10. The number of aromatic hydroxyl groups is 1. The molecule has 0 saturated heterocycles. The summed E-state index contributed by atoms with van der Waals surface area (Å²) in [6, 6.07) is 1.86. The van der Waals surface area contributed by atoms with Crippen LogP contribution < -0.4 is 5.73 Å². The topological polar surface area (TPSA) is 59.1 Å². The maximum absolute atomic E-state index is 9.55. The molecule has 1 heterocycles. The van der Waals surface area contributed by atoms with E-state index in [0.717, 1.165) is 11.3 Å². The van der Waals surface area contributed by atoms with E-state index in [2.05, 4.69) is 18.8 Å². The number of nitrogens with two attached hydrogens (primary N) is 1. The summed E-state index contributed by atoms with van der Waals surface area (Å²) in [5.74, 6) is 0.576. The van der Waals surface area contributed by atoms with Gasteiger partial charge in [0.2, 0.25) is 0 Å². The minimum atomic E-state index is 0. The summed E-state index contributed by atoms with van der Waals surface area (Å²) < 4.78 is 0.629. The molecule has 0 saturated carbocycles. The smallest absolute Gasteiger partial charge is 0.151 e. The normalized spacial score (nSPS) is 9.40. The van der Waals surface area contributed by atoms with Gasteiger partial charge in [-0.1, -0.05) is 13.8 Å². The molecule has 1 aromatic rings. The second-order valence-corrected chi connectivity index (χ2v) is 4.23. The van der Waals surface area contributed by atoms with Gasteiger partial charge in [-0.05, 0) is 34.6 Å². The Kier molecular flexibility index (Phi) is 8.79. The zero-order valence-corrected chi connectivity index (χ0v) is 12.3. The van der Waals surface area contributed by atoms with Gasteiger partial charge in [0.05, 0.1) is 0 Å². The molecule has 0 radical (unpaired) electrons. The van der Waals surface area contributed by atoms with E-state index >= 15 is 0 Å². The average Bonchev–Trinajstić information content (AvgIpc) is 2.09. The third-order valence-electron chi connectivity index (χ3n) is 1.86. The van der Waals surface area contributed by atoms with Crippen molar-refractivity contribution in [1.29, 1.82) is 0 Å². The van der Waals surface area contributed by atoms with Crippen LogP contribution in [0.1, 0.15) is 31.0 Å². The van der Waals surface area contributed by atoms with Crippen LogP contribution in [0.25, 0.3) is 0 Å². The molecular formula is C9H15Cl2IN2O. The monoisotopic (exact) mass is 364 g/mol. The van der Waals surface area contributed by atoms with E-state index in [-0.39, 0.29) is 30.6 Å². The van der Waals surface area contributed by atoms with Gasteiger partial charge in [0, 0.05) is 17.8 Å². The zero-order chi connectivity index (χ0) is 10.0. The van der Waals surface area contributed by atoms with Crippen molar-refractivity contribution < 1.29 is 5.11 Å². The first-order valence-corrected chi connectivity index (χ1v) is 5.22. The fraction of sp³-hybridized carbons (Fsp3) is 0.444. The van der Waals surface area contributed by atoms with Crippen molar-refractivity contribution in [2.75, 3.05) is 0 Å². The lowest BCUT2D eigenvalue weighted by molar-refractivity contribution is 0.459. The lowest BCUT2D eigenvalue weighted by atomic mass is 10.1. The molecule has 1 rings (SSSR count). The van der Waals surface area contributed by atoms with E-state index in [1.165, 1.54) is 0 Å². The van der Waals surface area contributed by atoms with Crippen molar-refractivity contribution in [1.82, 2.24) is 4.98 Å². The molecule has 3 N–H and O–H groups in total. The van der Waals surface area contributed by atoms with Crippen LogP contribution >= 0.6 is 47.4 Å². The summed E-state index contributed by atoms with van der Waals surface area (Å²) in [5.41, 5.74) is 7.24. The largest absolute Gasteiger partial charge is 0.505 e. The number of hydrogen-bond acceptors (Lipinski definition) is 3. The van der Waals surface area contributed by atoms with E-state index in [1.54, 1.807) is 0 Å². The molecule has 0 aliphatic rings. The Morgan fingerprint density at radius 3 is 2.40 bits per heavy atom. The van der Waals surface area contributed by atoms with Gasteiger partial charge < -0.3 is 10.8 Å². The van der Waals surface area contributed by atoms with Gasteiger partial charge in [0.15, 0.2) is 5.75 Å². The number of halogens is 3. The first-order chi connectivity index (χ1) is 6.06. The van der Waals surface area contributed by atoms with Crippen molar-refractivity contribution in [3.05, 3.63) is 21.0 Å². The van der Waals surface area contributed by atoms with E-state index < -0.39 is 0 Å². The van der Waals surface area contributed by atoms with E-state index in [4.69, 9.17) is 5.73 Å². The third kappa shape index (κ3) is 4.30. The first kappa shape index (κ1) is 17.6. The molecule has 88 valence electrons. The number of hydrogen-bond donors (Lipinski definition) is 2. The summed E-state index contributed by atoms with van der Waals surface area (Å²) in [4.78, 5) is 4.26. The second kappa shape index (κ2) is 7.49. The molecule has 0 amide bonds. The molecule has 6 heteroatoms. The van der Waals surface area contributed by atoms with Crippen LogP contribution in [0.4, 0.5) is 0 Å². The van der Waals surface area contributed by atoms with Gasteiger partial charge in [0.25, 0.3) is 0 Å². The minimum Gasteiger partial charge on any atom is -0.505 e. The van der Waals surface area contributed by atoms with Crippen LogP contribution in [0.15, 0.2) is 6.07 Å². The lowest BCUT2D eigenvalue weighted by Gasteiger charge is -2.09. The van der Waals surface area contributed by atoms with Crippen molar-refractivity contribution in [3.63, 3.8) is 0 Å². The SMILES string of the molecule is CC(C)c1cc(CN)c(O)c(I)n1.Cl.Cl. The van der Waals surface area contributed by atoms with Crippen LogP contribution in [-0.2, 0) is 6.54 Å². The molecule has 0 aliphatic heterocycles. The van der Waals surface area contributed by atoms with E-state index in [0.29, 0.717) is 16.2 Å². The fourth-order valence-corrected chi connectivity index (χ4v) is 1.65. The van der Waals surface area contributed by atoms with Crippen LogP contribution in [0.3, 0.4) is 0 Å². The summed E-state index contributed by atoms with van der Waals surface area (Å²) in [5, 5.41) is 9.55. The Morgan fingerprint density at radius 2 is 2.00 bits per heavy atom. The van der Waals surface area contributed by atoms with Crippen molar-refractivity contribution >= 4 is 47.4 Å². The highest BCUT2D eigenvalue weighted by molar-refractivity contribution is 14.1. The van der Waals surface area contributed by atoms with Gasteiger partial charge in [-0.2, -0.15) is 0 Å². The highest BCUT2D eigenvalue weighted by Crippen LogP contribution is 2.25. The minimum absolute atomic E-state index is 0. The van der Waals surface area contributed by atoms with Crippen LogP contribution in [0.5, 0.6) is 5.75 Å². The van der Waals surface area contributed by atoms with E-state index in [1.807, 2.05) is 28.7 Å². The summed E-state index contributed by atoms with van der Waals surface area (Å²) in [7, 11) is 0. The first-order valence-electron chi connectivity index (χ1n) is 4.14. The molecule has 0 aliphatic carbocycles. The molecule has 0 bridgehead atoms. The van der Waals surface area contributed by atoms with Crippen molar-refractivity contribution in [3.8, 4) is 5.75 Å². The van der Waals surface area contributed by atoms with Crippen molar-refractivity contribution in [2.24, 2.45) is 5.73 Å². The summed E-state index contributed by atoms with van der Waals surface area (Å²) >= 11 is 2.02. The maximum Gasteiger partial charge on any atom is 0.151 e. The molecule has 15 heavy (non-hydrogen) atoms. The summed E-state index contributed by atoms with van der Waals surface area (Å²) in [6.45, 7) is 4.48. The van der Waals surface area contributed by atoms with Gasteiger partial charge in [0.1, 0.15) is 3.70 Å². The van der Waals surface area contributed by atoms with Crippen LogP contribution in [0.2, 0.25) is 0 Å². The Morgan fingerprint density at radius 1 is 1.47 bits per heavy atom. The van der Waals surface area contributed by atoms with Gasteiger partial charge in [-0.15, -0.1) is 24.8 Å². The quantitative estimate of drug-likeness (QED) is 0.626. The molecule has 0 spiro atoms. The Labute approximate surface area is 116 Å². The number of rotatable bonds is 2. The predicted molar refractivity (Wildman–Crippen MR) is 75.1 cm³/mol.